The van der Waals surface area contributed by atoms with Crippen LogP contribution in [0, 0.1) is 0 Å². The minimum absolute atomic E-state index is 0. The van der Waals surface area contributed by atoms with Crippen molar-refractivity contribution in [3.63, 3.8) is 0 Å². The van der Waals surface area contributed by atoms with E-state index in [1.165, 1.54) is 37.1 Å². The number of hydrogen-bond donors (Lipinski definition) is 0. The van der Waals surface area contributed by atoms with Crippen molar-refractivity contribution in [2.24, 2.45) is 0 Å². The molecule has 4 nitrogen and oxygen atoms in total. The Labute approximate surface area is 182 Å². The zero-order valence-corrected chi connectivity index (χ0v) is 18.2. The highest BCUT2D eigenvalue weighted by molar-refractivity contribution is 7.19. The number of nitrogens with zero attached hydrogens (tertiary/aromatic N) is 2. The summed E-state index contributed by atoms with van der Waals surface area (Å²) in [7, 11) is 0. The molecule has 1 aromatic heterocycles. The number of rotatable bonds is 7. The van der Waals surface area contributed by atoms with Gasteiger partial charge in [-0.3, -0.25) is 0 Å². The fourth-order valence-corrected chi connectivity index (χ4v) is 4.34. The van der Waals surface area contributed by atoms with E-state index in [2.05, 4.69) is 64.5 Å². The first-order valence-corrected chi connectivity index (χ1v) is 10.7. The van der Waals surface area contributed by atoms with Crippen molar-refractivity contribution in [1.29, 1.82) is 0 Å². The van der Waals surface area contributed by atoms with Crippen LogP contribution in [0.4, 0.5) is 0 Å². The Morgan fingerprint density at radius 1 is 0.966 bits per heavy atom. The molecule has 156 valence electrons. The van der Waals surface area contributed by atoms with E-state index < -0.39 is 0 Å². The van der Waals surface area contributed by atoms with Crippen LogP contribution in [-0.4, -0.2) is 41.6 Å². The molecule has 1 aliphatic rings. The van der Waals surface area contributed by atoms with Gasteiger partial charge < -0.3 is 15.1 Å². The van der Waals surface area contributed by atoms with Crippen molar-refractivity contribution in [2.45, 2.75) is 25.7 Å². The number of thiazole rings is 1. The quantitative estimate of drug-likeness (QED) is 0.475. The minimum atomic E-state index is 0. The van der Waals surface area contributed by atoms with Gasteiger partial charge in [-0.05, 0) is 68.3 Å². The lowest BCUT2D eigenvalue weighted by Crippen LogP contribution is -2.31. The van der Waals surface area contributed by atoms with Crippen molar-refractivity contribution in [2.75, 3.05) is 26.2 Å². The van der Waals surface area contributed by atoms with Crippen LogP contribution in [0.25, 0.3) is 22.4 Å². The van der Waals surface area contributed by atoms with Crippen LogP contribution < -0.4 is 4.74 Å². The topological polar surface area (TPSA) is 56.9 Å². The molecule has 0 bridgehead atoms. The highest BCUT2D eigenvalue weighted by atomic mass is 35.5. The first-order valence-electron chi connectivity index (χ1n) is 9.86. The second kappa shape index (κ2) is 11.9. The summed E-state index contributed by atoms with van der Waals surface area (Å²) in [6.45, 7) is 4.46. The van der Waals surface area contributed by atoms with Crippen LogP contribution in [0.3, 0.4) is 0 Å². The Morgan fingerprint density at radius 3 is 2.48 bits per heavy atom. The Hall–Kier alpha value is -1.92. The molecule has 0 aliphatic carbocycles. The standard InChI is InChI=1S/C23H26N2OS.ClH.H2O/c1-4-15-25(16-5-1)17-6-18-26-20-12-9-19(10-13-20)11-14-23-24-21-7-2-3-8-22(21)27-23;;/h2-3,7-14H,1,4-6,15-18H2;1H;1H2/b14-11+;;. The summed E-state index contributed by atoms with van der Waals surface area (Å²) < 4.78 is 7.12. The van der Waals surface area contributed by atoms with Crippen LogP contribution >= 0.6 is 23.7 Å². The monoisotopic (exact) mass is 432 g/mol. The van der Waals surface area contributed by atoms with Crippen molar-refractivity contribution in [1.82, 2.24) is 9.88 Å². The Bertz CT molecular complexity index is 856. The number of likely N-dealkylation sites (tertiary alicyclic amines) is 1. The zero-order valence-electron chi connectivity index (χ0n) is 16.5. The van der Waals surface area contributed by atoms with Gasteiger partial charge in [-0.1, -0.05) is 36.8 Å². The molecule has 0 saturated carbocycles. The van der Waals surface area contributed by atoms with Gasteiger partial charge >= 0.3 is 0 Å². The van der Waals surface area contributed by atoms with Gasteiger partial charge in [-0.15, -0.1) is 23.7 Å². The number of aromatic nitrogens is 1. The van der Waals surface area contributed by atoms with Crippen LogP contribution in [0.2, 0.25) is 0 Å². The summed E-state index contributed by atoms with van der Waals surface area (Å²) in [6.07, 6.45) is 9.39. The fourth-order valence-electron chi connectivity index (χ4n) is 3.47. The molecule has 4 rings (SSSR count). The Balaban J connectivity index is 0.00000150. The molecule has 2 aromatic carbocycles. The van der Waals surface area contributed by atoms with Gasteiger partial charge in [-0.25, -0.2) is 4.98 Å². The van der Waals surface area contributed by atoms with Crippen molar-refractivity contribution in [3.05, 3.63) is 59.1 Å². The molecule has 3 aromatic rings. The molecule has 2 N–H and O–H groups in total. The van der Waals surface area contributed by atoms with Gasteiger partial charge in [0.1, 0.15) is 10.8 Å². The molecule has 1 aliphatic heterocycles. The first kappa shape index (κ1) is 23.4. The van der Waals surface area contributed by atoms with Gasteiger partial charge in [0.2, 0.25) is 0 Å². The predicted octanol–water partition coefficient (Wildman–Crippen LogP) is 5.32. The van der Waals surface area contributed by atoms with Crippen molar-refractivity contribution < 1.29 is 10.2 Å². The molecule has 0 unspecified atom stereocenters. The summed E-state index contributed by atoms with van der Waals surface area (Å²) in [4.78, 5) is 7.20. The molecule has 6 heteroatoms. The Morgan fingerprint density at radius 2 is 1.72 bits per heavy atom. The Kier molecular flexibility index (Phi) is 9.61. The predicted molar refractivity (Wildman–Crippen MR) is 126 cm³/mol. The summed E-state index contributed by atoms with van der Waals surface area (Å²) in [5, 5.41) is 1.04. The third-order valence-corrected chi connectivity index (χ3v) is 5.95. The highest BCUT2D eigenvalue weighted by Gasteiger charge is 2.09. The summed E-state index contributed by atoms with van der Waals surface area (Å²) in [5.74, 6) is 0.950. The van der Waals surface area contributed by atoms with Crippen molar-refractivity contribution in [3.8, 4) is 5.75 Å². The number of hydrogen-bond acceptors (Lipinski definition) is 4. The van der Waals surface area contributed by atoms with Gasteiger partial charge in [0.15, 0.2) is 0 Å². The molecule has 0 atom stereocenters. The van der Waals surface area contributed by atoms with Gasteiger partial charge in [-0.2, -0.15) is 0 Å². The fraction of sp³-hybridized carbons (Fsp3) is 0.348. The molecule has 1 fully saturated rings. The van der Waals surface area contributed by atoms with E-state index in [9.17, 15) is 0 Å². The maximum atomic E-state index is 5.89. The van der Waals surface area contributed by atoms with E-state index >= 15 is 0 Å². The van der Waals surface area contributed by atoms with E-state index in [0.717, 1.165) is 41.4 Å². The van der Waals surface area contributed by atoms with E-state index in [1.54, 1.807) is 11.3 Å². The lowest BCUT2D eigenvalue weighted by molar-refractivity contribution is 0.205. The second-order valence-corrected chi connectivity index (χ2v) is 8.09. The van der Waals surface area contributed by atoms with E-state index in [-0.39, 0.29) is 17.9 Å². The SMILES string of the molecule is C(=C\c1nc2ccccc2s1)/c1ccc(OCCCN2CCCCC2)cc1.Cl.O. The lowest BCUT2D eigenvalue weighted by Gasteiger charge is -2.26. The first-order chi connectivity index (χ1) is 13.4. The number of piperidine rings is 1. The maximum Gasteiger partial charge on any atom is 0.119 e. The van der Waals surface area contributed by atoms with Crippen LogP contribution in [0.5, 0.6) is 5.75 Å². The second-order valence-electron chi connectivity index (χ2n) is 7.03. The molecule has 1 saturated heterocycles. The van der Waals surface area contributed by atoms with E-state index in [4.69, 9.17) is 4.74 Å². The number of halogens is 1. The van der Waals surface area contributed by atoms with Gasteiger partial charge in [0, 0.05) is 6.54 Å². The van der Waals surface area contributed by atoms with Crippen LogP contribution in [0.1, 0.15) is 36.3 Å². The van der Waals surface area contributed by atoms with E-state index in [0.29, 0.717) is 0 Å². The van der Waals surface area contributed by atoms with Crippen LogP contribution in [-0.2, 0) is 0 Å². The van der Waals surface area contributed by atoms with Crippen molar-refractivity contribution >= 4 is 46.1 Å². The molecule has 0 spiro atoms. The smallest absolute Gasteiger partial charge is 0.119 e. The number of ether oxygens (including phenoxy) is 1. The van der Waals surface area contributed by atoms with E-state index in [1.807, 2.05) is 6.07 Å². The maximum absolute atomic E-state index is 5.89. The molecular formula is C23H29ClN2O2S. The summed E-state index contributed by atoms with van der Waals surface area (Å²) >= 11 is 1.72. The third kappa shape index (κ3) is 6.82. The average molecular weight is 433 g/mol. The molecule has 0 amide bonds. The molecular weight excluding hydrogens is 404 g/mol. The lowest BCUT2D eigenvalue weighted by atomic mass is 10.1. The summed E-state index contributed by atoms with van der Waals surface area (Å²) in [5.41, 5.74) is 2.23. The zero-order chi connectivity index (χ0) is 18.3. The number of para-hydroxylation sites is 1. The number of fused-ring (bicyclic) bond motifs is 1. The highest BCUT2D eigenvalue weighted by Crippen LogP contribution is 2.23. The molecule has 0 radical (unpaired) electrons. The molecule has 29 heavy (non-hydrogen) atoms. The molecule has 2 heterocycles. The average Bonchev–Trinajstić information content (AvgIpc) is 3.14. The number of benzene rings is 2. The third-order valence-electron chi connectivity index (χ3n) is 4.94. The van der Waals surface area contributed by atoms with Crippen LogP contribution in [0.15, 0.2) is 48.5 Å². The van der Waals surface area contributed by atoms with Gasteiger partial charge in [0.25, 0.3) is 0 Å². The minimum Gasteiger partial charge on any atom is -0.494 e. The largest absolute Gasteiger partial charge is 0.494 e. The summed E-state index contributed by atoms with van der Waals surface area (Å²) in [6, 6.07) is 16.6. The van der Waals surface area contributed by atoms with Gasteiger partial charge in [0.05, 0.1) is 16.8 Å². The normalized spacial score (nSPS) is 14.5.